The highest BCUT2D eigenvalue weighted by atomic mass is 16.5. The number of amides is 2. The second-order valence-electron chi connectivity index (χ2n) is 10.5. The molecule has 37 heavy (non-hydrogen) atoms. The number of hydrogen-bond acceptors (Lipinski definition) is 5. The van der Waals surface area contributed by atoms with Gasteiger partial charge in [-0.1, -0.05) is 11.6 Å². The number of ether oxygens (including phenoxy) is 2. The van der Waals surface area contributed by atoms with Crippen molar-refractivity contribution < 1.29 is 19.1 Å². The minimum atomic E-state index is -0.116. The molecule has 0 spiro atoms. The van der Waals surface area contributed by atoms with Crippen molar-refractivity contribution in [1.29, 1.82) is 0 Å². The van der Waals surface area contributed by atoms with Gasteiger partial charge in [0.2, 0.25) is 5.91 Å². The van der Waals surface area contributed by atoms with Crippen LogP contribution in [-0.2, 0) is 9.53 Å². The van der Waals surface area contributed by atoms with Gasteiger partial charge in [-0.3, -0.25) is 14.6 Å². The van der Waals surface area contributed by atoms with Gasteiger partial charge in [0, 0.05) is 42.2 Å². The van der Waals surface area contributed by atoms with Crippen molar-refractivity contribution in [3.05, 3.63) is 47.3 Å². The van der Waals surface area contributed by atoms with Gasteiger partial charge in [-0.15, -0.1) is 0 Å². The number of hydrogen-bond donors (Lipinski definition) is 3. The second-order valence-corrected chi connectivity index (χ2v) is 10.5. The Morgan fingerprint density at radius 3 is 2.43 bits per heavy atom. The average molecular weight is 505 g/mol. The number of aryl methyl sites for hydroxylation is 2. The summed E-state index contributed by atoms with van der Waals surface area (Å²) in [7, 11) is 1.51. The van der Waals surface area contributed by atoms with Gasteiger partial charge in [0.15, 0.2) is 0 Å². The largest absolute Gasteiger partial charge is 0.493 e. The van der Waals surface area contributed by atoms with Gasteiger partial charge in [0.1, 0.15) is 17.9 Å². The van der Waals surface area contributed by atoms with Gasteiger partial charge in [-0.25, -0.2) is 0 Å². The molecular weight excluding hydrogens is 468 g/mol. The Bertz CT molecular complexity index is 1290. The molecule has 0 bridgehead atoms. The molecule has 5 rings (SSSR count). The van der Waals surface area contributed by atoms with Gasteiger partial charge < -0.3 is 25.1 Å². The molecule has 2 amide bonds. The van der Waals surface area contributed by atoms with Crippen LogP contribution in [0.3, 0.4) is 0 Å². The van der Waals surface area contributed by atoms with Crippen molar-refractivity contribution in [3.63, 3.8) is 0 Å². The molecular formula is C29H36N4O4. The summed E-state index contributed by atoms with van der Waals surface area (Å²) in [5.74, 6) is 1.31. The molecule has 2 aliphatic rings. The lowest BCUT2D eigenvalue weighted by Crippen LogP contribution is -2.44. The highest BCUT2D eigenvalue weighted by Gasteiger charge is 2.27. The van der Waals surface area contributed by atoms with Crippen LogP contribution in [0.4, 0.5) is 0 Å². The summed E-state index contributed by atoms with van der Waals surface area (Å²) in [6.07, 6.45) is 7.52. The van der Waals surface area contributed by atoms with E-state index in [-0.39, 0.29) is 30.5 Å². The molecule has 1 aromatic carbocycles. The Labute approximate surface area is 217 Å². The maximum Gasteiger partial charge on any atom is 0.255 e. The molecule has 2 aliphatic carbocycles. The van der Waals surface area contributed by atoms with E-state index in [1.807, 2.05) is 19.1 Å². The molecule has 3 aromatic rings. The summed E-state index contributed by atoms with van der Waals surface area (Å²) >= 11 is 0. The molecule has 2 aromatic heterocycles. The Hall–Kier alpha value is -3.39. The summed E-state index contributed by atoms with van der Waals surface area (Å²) in [4.78, 5) is 33.3. The van der Waals surface area contributed by atoms with Crippen LogP contribution >= 0.6 is 0 Å². The van der Waals surface area contributed by atoms with E-state index in [1.54, 1.807) is 6.20 Å². The third-order valence-electron chi connectivity index (χ3n) is 7.40. The number of benzene rings is 1. The molecule has 0 radical (unpaired) electrons. The number of carbonyl (C=O) groups excluding carboxylic acids is 2. The first-order valence-corrected chi connectivity index (χ1v) is 13.2. The quantitative estimate of drug-likeness (QED) is 0.400. The number of H-pyrrole nitrogens is 1. The van der Waals surface area contributed by atoms with E-state index < -0.39 is 0 Å². The smallest absolute Gasteiger partial charge is 0.255 e. The molecule has 3 N–H and O–H groups in total. The molecule has 8 heteroatoms. The zero-order valence-electron chi connectivity index (χ0n) is 21.9. The summed E-state index contributed by atoms with van der Waals surface area (Å²) in [6, 6.07) is 8.42. The fourth-order valence-electron chi connectivity index (χ4n) is 5.22. The number of fused-ring (bicyclic) bond motifs is 1. The van der Waals surface area contributed by atoms with Crippen molar-refractivity contribution in [3.8, 4) is 16.9 Å². The number of carbonyl (C=O) groups is 2. The molecule has 2 heterocycles. The van der Waals surface area contributed by atoms with Crippen LogP contribution in [0.1, 0.15) is 60.1 Å². The van der Waals surface area contributed by atoms with E-state index in [2.05, 4.69) is 39.7 Å². The van der Waals surface area contributed by atoms with Crippen LogP contribution in [-0.4, -0.2) is 54.2 Å². The van der Waals surface area contributed by atoms with Crippen LogP contribution in [0.5, 0.6) is 5.75 Å². The van der Waals surface area contributed by atoms with Crippen LogP contribution in [0.2, 0.25) is 0 Å². The van der Waals surface area contributed by atoms with Crippen molar-refractivity contribution >= 4 is 22.8 Å². The maximum atomic E-state index is 13.4. The molecule has 0 unspecified atom stereocenters. The number of aromatic amines is 1. The lowest BCUT2D eigenvalue weighted by molar-refractivity contribution is -0.125. The molecule has 2 saturated carbocycles. The second kappa shape index (κ2) is 10.9. The monoisotopic (exact) mass is 504 g/mol. The Balaban J connectivity index is 1.34. The standard InChI is InChI=1S/C29H36N4O4/c1-17-4-11-24(37-15-19-5-6-19)23(14-17)22-12-13-30-28-26(18(2)31-27(22)28)29(35)33-21-9-7-20(8-10-21)32-25(34)16-36-3/h4,11-14,19-21,31H,5-10,15-16H2,1-3H3,(H,32,34)(H,33,35)/t20-,21-. The predicted octanol–water partition coefficient (Wildman–Crippen LogP) is 4.44. The van der Waals surface area contributed by atoms with Gasteiger partial charge in [-0.2, -0.15) is 0 Å². The van der Waals surface area contributed by atoms with Crippen LogP contribution in [0.15, 0.2) is 30.5 Å². The van der Waals surface area contributed by atoms with E-state index in [9.17, 15) is 9.59 Å². The zero-order valence-corrected chi connectivity index (χ0v) is 21.9. The Morgan fingerprint density at radius 2 is 1.73 bits per heavy atom. The normalized spacial score (nSPS) is 19.5. The predicted molar refractivity (Wildman–Crippen MR) is 143 cm³/mol. The molecule has 0 aliphatic heterocycles. The average Bonchev–Trinajstić information content (AvgIpc) is 3.64. The third kappa shape index (κ3) is 5.80. The van der Waals surface area contributed by atoms with Crippen molar-refractivity contribution in [2.75, 3.05) is 20.3 Å². The Kier molecular flexibility index (Phi) is 7.46. The maximum absolute atomic E-state index is 13.4. The fraction of sp³-hybridized carbons (Fsp3) is 0.483. The van der Waals surface area contributed by atoms with Crippen molar-refractivity contribution in [2.24, 2.45) is 5.92 Å². The van der Waals surface area contributed by atoms with E-state index in [4.69, 9.17) is 9.47 Å². The van der Waals surface area contributed by atoms with E-state index in [1.165, 1.54) is 20.0 Å². The number of nitrogens with zero attached hydrogens (tertiary/aromatic N) is 1. The minimum absolute atomic E-state index is 0.0646. The Morgan fingerprint density at radius 1 is 1.00 bits per heavy atom. The summed E-state index contributed by atoms with van der Waals surface area (Å²) in [6.45, 7) is 4.80. The van der Waals surface area contributed by atoms with Crippen LogP contribution in [0.25, 0.3) is 22.2 Å². The summed E-state index contributed by atoms with van der Waals surface area (Å²) in [5.41, 5.74) is 6.03. The van der Waals surface area contributed by atoms with Gasteiger partial charge in [0.05, 0.1) is 17.7 Å². The third-order valence-corrected chi connectivity index (χ3v) is 7.40. The van der Waals surface area contributed by atoms with Crippen LogP contribution < -0.4 is 15.4 Å². The van der Waals surface area contributed by atoms with Gasteiger partial charge >= 0.3 is 0 Å². The highest BCUT2D eigenvalue weighted by Crippen LogP contribution is 2.38. The minimum Gasteiger partial charge on any atom is -0.493 e. The van der Waals surface area contributed by atoms with Crippen molar-refractivity contribution in [2.45, 2.75) is 64.5 Å². The van der Waals surface area contributed by atoms with Crippen molar-refractivity contribution in [1.82, 2.24) is 20.6 Å². The number of rotatable bonds is 9. The first kappa shape index (κ1) is 25.3. The van der Waals surface area contributed by atoms with E-state index in [0.29, 0.717) is 17.0 Å². The molecule has 8 nitrogen and oxygen atoms in total. The summed E-state index contributed by atoms with van der Waals surface area (Å²) < 4.78 is 11.1. The zero-order chi connectivity index (χ0) is 25.9. The first-order chi connectivity index (χ1) is 17.9. The molecule has 2 fully saturated rings. The van der Waals surface area contributed by atoms with E-state index >= 15 is 0 Å². The van der Waals surface area contributed by atoms with Crippen LogP contribution in [0, 0.1) is 19.8 Å². The van der Waals surface area contributed by atoms with Gasteiger partial charge in [-0.05, 0) is 76.5 Å². The van der Waals surface area contributed by atoms with Gasteiger partial charge in [0.25, 0.3) is 5.91 Å². The lowest BCUT2D eigenvalue weighted by Gasteiger charge is -2.29. The fourth-order valence-corrected chi connectivity index (χ4v) is 5.22. The summed E-state index contributed by atoms with van der Waals surface area (Å²) in [5, 5.41) is 6.21. The molecule has 0 saturated heterocycles. The number of nitrogens with one attached hydrogen (secondary N) is 3. The first-order valence-electron chi connectivity index (χ1n) is 13.2. The van der Waals surface area contributed by atoms with E-state index in [0.717, 1.165) is 65.9 Å². The lowest BCUT2D eigenvalue weighted by atomic mass is 9.91. The topological polar surface area (TPSA) is 105 Å². The number of aromatic nitrogens is 2. The molecule has 196 valence electrons. The number of pyridine rings is 1. The number of methoxy groups -OCH3 is 1. The SMILES string of the molecule is COCC(=O)N[C@H]1CC[C@H](NC(=O)c2c(C)[nH]c3c(-c4cc(C)ccc4OCC4CC4)ccnc23)CC1. The molecule has 0 atom stereocenters. The highest BCUT2D eigenvalue weighted by molar-refractivity contribution is 6.09.